The number of carbonyl (C=O) groups excluding carboxylic acids is 1. The molecule has 1 heterocycles. The summed E-state index contributed by atoms with van der Waals surface area (Å²) in [6, 6.07) is 15.3. The number of quaternary nitrogens is 1. The number of hydrogen-bond donors (Lipinski definition) is 3. The lowest BCUT2D eigenvalue weighted by molar-refractivity contribution is -0.921. The van der Waals surface area contributed by atoms with Crippen molar-refractivity contribution in [2.24, 2.45) is 0 Å². The van der Waals surface area contributed by atoms with E-state index in [0.29, 0.717) is 5.56 Å². The van der Waals surface area contributed by atoms with Crippen molar-refractivity contribution in [3.05, 3.63) is 64.1 Å². The predicted octanol–water partition coefficient (Wildman–Crippen LogP) is 1.99. The zero-order chi connectivity index (χ0) is 18.4. The van der Waals surface area contributed by atoms with E-state index in [1.807, 2.05) is 24.3 Å². The SMILES string of the molecule is O=C(NC(=S)Nc1ccc(C[NH+]2CCOCC2)cc1)c1ccc(Br)cc1. The van der Waals surface area contributed by atoms with Crippen molar-refractivity contribution >= 4 is 44.9 Å². The number of morpholine rings is 1. The molecule has 136 valence electrons. The largest absolute Gasteiger partial charge is 0.370 e. The summed E-state index contributed by atoms with van der Waals surface area (Å²) >= 11 is 8.58. The number of hydrogen-bond acceptors (Lipinski definition) is 3. The van der Waals surface area contributed by atoms with E-state index >= 15 is 0 Å². The van der Waals surface area contributed by atoms with Crippen LogP contribution in [0.25, 0.3) is 0 Å². The van der Waals surface area contributed by atoms with Gasteiger partial charge in [-0.1, -0.05) is 28.1 Å². The molecular formula is C19H21BrN3O2S+. The van der Waals surface area contributed by atoms with Crippen molar-refractivity contribution < 1.29 is 14.4 Å². The third-order valence-electron chi connectivity index (χ3n) is 4.20. The van der Waals surface area contributed by atoms with Crippen LogP contribution >= 0.6 is 28.1 Å². The molecule has 3 rings (SSSR count). The van der Waals surface area contributed by atoms with Crippen LogP contribution in [0.4, 0.5) is 5.69 Å². The highest BCUT2D eigenvalue weighted by molar-refractivity contribution is 9.10. The van der Waals surface area contributed by atoms with E-state index in [2.05, 4.69) is 38.7 Å². The van der Waals surface area contributed by atoms with Crippen molar-refractivity contribution in [3.63, 3.8) is 0 Å². The van der Waals surface area contributed by atoms with Crippen molar-refractivity contribution in [1.82, 2.24) is 5.32 Å². The van der Waals surface area contributed by atoms with Crippen LogP contribution in [0.15, 0.2) is 53.0 Å². The molecule has 1 saturated heterocycles. The van der Waals surface area contributed by atoms with Gasteiger partial charge in [0.2, 0.25) is 0 Å². The van der Waals surface area contributed by atoms with Crippen LogP contribution in [0.1, 0.15) is 15.9 Å². The first-order valence-electron chi connectivity index (χ1n) is 8.48. The Hall–Kier alpha value is -1.80. The molecule has 5 nitrogen and oxygen atoms in total. The molecular weight excluding hydrogens is 414 g/mol. The number of amides is 1. The van der Waals surface area contributed by atoms with Crippen molar-refractivity contribution in [3.8, 4) is 0 Å². The lowest BCUT2D eigenvalue weighted by Gasteiger charge is -2.23. The molecule has 0 aliphatic carbocycles. The average molecular weight is 435 g/mol. The zero-order valence-electron chi connectivity index (χ0n) is 14.3. The fourth-order valence-corrected chi connectivity index (χ4v) is 3.25. The average Bonchev–Trinajstić information content (AvgIpc) is 2.64. The molecule has 0 saturated carbocycles. The number of halogens is 1. The van der Waals surface area contributed by atoms with Gasteiger partial charge in [0.15, 0.2) is 5.11 Å². The van der Waals surface area contributed by atoms with Gasteiger partial charge in [0.1, 0.15) is 19.6 Å². The number of benzene rings is 2. The van der Waals surface area contributed by atoms with Gasteiger partial charge in [-0.3, -0.25) is 10.1 Å². The second-order valence-corrected chi connectivity index (χ2v) is 7.48. The zero-order valence-corrected chi connectivity index (χ0v) is 16.7. The second-order valence-electron chi connectivity index (χ2n) is 6.15. The Morgan fingerprint density at radius 1 is 1.08 bits per heavy atom. The topological polar surface area (TPSA) is 54.8 Å². The van der Waals surface area contributed by atoms with Crippen molar-refractivity contribution in [1.29, 1.82) is 0 Å². The first-order chi connectivity index (χ1) is 12.6. The molecule has 1 amide bonds. The number of ether oxygens (including phenoxy) is 1. The van der Waals surface area contributed by atoms with Gasteiger partial charge >= 0.3 is 0 Å². The summed E-state index contributed by atoms with van der Waals surface area (Å²) in [5.41, 5.74) is 2.69. The summed E-state index contributed by atoms with van der Waals surface area (Å²) in [4.78, 5) is 13.7. The maximum atomic E-state index is 12.2. The number of nitrogens with one attached hydrogen (secondary N) is 3. The Morgan fingerprint density at radius 2 is 1.73 bits per heavy atom. The number of rotatable bonds is 4. The minimum atomic E-state index is -0.234. The van der Waals surface area contributed by atoms with Gasteiger partial charge in [0.25, 0.3) is 5.91 Å². The van der Waals surface area contributed by atoms with Crippen LogP contribution in [0, 0.1) is 0 Å². The molecule has 26 heavy (non-hydrogen) atoms. The Labute approximate surface area is 166 Å². The fourth-order valence-electron chi connectivity index (χ4n) is 2.77. The van der Waals surface area contributed by atoms with E-state index in [4.69, 9.17) is 17.0 Å². The quantitative estimate of drug-likeness (QED) is 0.644. The smallest absolute Gasteiger partial charge is 0.257 e. The molecule has 0 atom stereocenters. The van der Waals surface area contributed by atoms with Gasteiger partial charge in [-0.25, -0.2) is 0 Å². The summed E-state index contributed by atoms with van der Waals surface area (Å²) in [7, 11) is 0. The lowest BCUT2D eigenvalue weighted by Crippen LogP contribution is -3.12. The van der Waals surface area contributed by atoms with E-state index in [1.165, 1.54) is 10.5 Å². The maximum absolute atomic E-state index is 12.2. The Bertz CT molecular complexity index is 759. The summed E-state index contributed by atoms with van der Waals surface area (Å²) in [6.07, 6.45) is 0. The summed E-state index contributed by atoms with van der Waals surface area (Å²) in [5.74, 6) is -0.234. The van der Waals surface area contributed by atoms with Gasteiger partial charge in [0.05, 0.1) is 13.2 Å². The van der Waals surface area contributed by atoms with E-state index < -0.39 is 0 Å². The summed E-state index contributed by atoms with van der Waals surface area (Å²) < 4.78 is 6.31. The van der Waals surface area contributed by atoms with Gasteiger partial charge in [-0.15, -0.1) is 0 Å². The summed E-state index contributed by atoms with van der Waals surface area (Å²) in [6.45, 7) is 4.76. The van der Waals surface area contributed by atoms with Crippen LogP contribution in [0.2, 0.25) is 0 Å². The van der Waals surface area contributed by atoms with Gasteiger partial charge in [0, 0.05) is 21.3 Å². The molecule has 2 aromatic carbocycles. The molecule has 0 spiro atoms. The number of anilines is 1. The van der Waals surface area contributed by atoms with Crippen molar-refractivity contribution in [2.45, 2.75) is 6.54 Å². The van der Waals surface area contributed by atoms with Crippen LogP contribution in [-0.2, 0) is 11.3 Å². The molecule has 0 aromatic heterocycles. The minimum Gasteiger partial charge on any atom is -0.370 e. The normalized spacial score (nSPS) is 14.7. The van der Waals surface area contributed by atoms with E-state index in [-0.39, 0.29) is 11.0 Å². The molecule has 1 fully saturated rings. The Balaban J connectivity index is 1.50. The summed E-state index contributed by atoms with van der Waals surface area (Å²) in [5, 5.41) is 6.02. The third-order valence-corrected chi connectivity index (χ3v) is 4.93. The standard InChI is InChI=1S/C19H20BrN3O2S/c20-16-5-3-15(4-6-16)18(24)22-19(26)21-17-7-1-14(2-8-17)13-23-9-11-25-12-10-23/h1-8H,9-13H2,(H2,21,22,24,26)/p+1. The second kappa shape index (κ2) is 9.23. The first kappa shape index (κ1) is 19.0. The Morgan fingerprint density at radius 3 is 2.38 bits per heavy atom. The van der Waals surface area contributed by atoms with E-state index in [0.717, 1.165) is 43.0 Å². The highest BCUT2D eigenvalue weighted by Gasteiger charge is 2.14. The number of carbonyl (C=O) groups is 1. The van der Waals surface area contributed by atoms with E-state index in [1.54, 1.807) is 12.1 Å². The molecule has 1 aliphatic heterocycles. The van der Waals surface area contributed by atoms with Gasteiger partial charge < -0.3 is 15.0 Å². The highest BCUT2D eigenvalue weighted by Crippen LogP contribution is 2.11. The Kier molecular flexibility index (Phi) is 6.73. The molecule has 2 aromatic rings. The molecule has 0 bridgehead atoms. The molecule has 1 aliphatic rings. The van der Waals surface area contributed by atoms with Crippen LogP contribution in [-0.4, -0.2) is 37.3 Å². The monoisotopic (exact) mass is 434 g/mol. The molecule has 3 N–H and O–H groups in total. The predicted molar refractivity (Wildman–Crippen MR) is 109 cm³/mol. The third kappa shape index (κ3) is 5.60. The van der Waals surface area contributed by atoms with Crippen LogP contribution in [0.3, 0.4) is 0 Å². The van der Waals surface area contributed by atoms with Crippen LogP contribution < -0.4 is 15.5 Å². The number of thiocarbonyl (C=S) groups is 1. The lowest BCUT2D eigenvalue weighted by atomic mass is 10.2. The van der Waals surface area contributed by atoms with Crippen molar-refractivity contribution in [2.75, 3.05) is 31.6 Å². The maximum Gasteiger partial charge on any atom is 0.257 e. The minimum absolute atomic E-state index is 0.234. The van der Waals surface area contributed by atoms with Gasteiger partial charge in [-0.2, -0.15) is 0 Å². The first-order valence-corrected chi connectivity index (χ1v) is 9.68. The van der Waals surface area contributed by atoms with Crippen LogP contribution in [0.5, 0.6) is 0 Å². The molecule has 7 heteroatoms. The van der Waals surface area contributed by atoms with E-state index in [9.17, 15) is 4.79 Å². The van der Waals surface area contributed by atoms with Gasteiger partial charge in [-0.05, 0) is 48.6 Å². The highest BCUT2D eigenvalue weighted by atomic mass is 79.9. The fraction of sp³-hybridized carbons (Fsp3) is 0.263. The molecule has 0 radical (unpaired) electrons. The molecule has 0 unspecified atom stereocenters.